The minimum absolute atomic E-state index is 0.103. The van der Waals surface area contributed by atoms with Crippen molar-refractivity contribution in [2.24, 2.45) is 0 Å². The Morgan fingerprint density at radius 2 is 1.73 bits per heavy atom. The first-order chi connectivity index (χ1) is 10.5. The average molecular weight is 297 g/mol. The molecule has 1 N–H and O–H groups in total. The van der Waals surface area contributed by atoms with Gasteiger partial charge in [0, 0.05) is 11.3 Å². The van der Waals surface area contributed by atoms with Gasteiger partial charge in [-0.25, -0.2) is 4.39 Å². The molecule has 1 aliphatic carbocycles. The Balaban J connectivity index is 1.91. The van der Waals surface area contributed by atoms with Gasteiger partial charge in [-0.2, -0.15) is 0 Å². The Morgan fingerprint density at radius 1 is 1.09 bits per heavy atom. The van der Waals surface area contributed by atoms with E-state index in [2.05, 4.69) is 11.4 Å². The summed E-state index contributed by atoms with van der Waals surface area (Å²) in [5, 5.41) is 2.99. The molecule has 1 amide bonds. The molecule has 0 bridgehead atoms. The second kappa shape index (κ2) is 5.56. The van der Waals surface area contributed by atoms with Crippen LogP contribution in [-0.2, 0) is 10.2 Å². The highest BCUT2D eigenvalue weighted by Crippen LogP contribution is 2.45. The van der Waals surface area contributed by atoms with E-state index in [4.69, 9.17) is 0 Å². The van der Waals surface area contributed by atoms with Crippen LogP contribution in [0.2, 0.25) is 0 Å². The van der Waals surface area contributed by atoms with Crippen molar-refractivity contribution in [3.8, 4) is 0 Å². The lowest BCUT2D eigenvalue weighted by Gasteiger charge is -2.40. The first kappa shape index (κ1) is 14.8. The highest BCUT2D eigenvalue weighted by Gasteiger charge is 2.47. The number of hydrogen-bond donors (Lipinski definition) is 1. The van der Waals surface area contributed by atoms with Crippen LogP contribution in [0.5, 0.6) is 0 Å². The second-order valence-electron chi connectivity index (χ2n) is 6.25. The quantitative estimate of drug-likeness (QED) is 0.887. The Morgan fingerprint density at radius 3 is 2.27 bits per heavy atom. The Labute approximate surface area is 130 Å². The van der Waals surface area contributed by atoms with Gasteiger partial charge in [0.05, 0.1) is 5.41 Å². The van der Waals surface area contributed by atoms with E-state index in [0.717, 1.165) is 23.2 Å². The lowest BCUT2D eigenvalue weighted by atomic mass is 9.63. The molecule has 0 heterocycles. The zero-order valence-electron chi connectivity index (χ0n) is 12.9. The van der Waals surface area contributed by atoms with Gasteiger partial charge >= 0.3 is 0 Å². The van der Waals surface area contributed by atoms with Gasteiger partial charge in [-0.15, -0.1) is 0 Å². The Hall–Kier alpha value is -2.16. The fourth-order valence-electron chi connectivity index (χ4n) is 3.30. The molecule has 2 aromatic carbocycles. The SMILES string of the molecule is Cc1cc(C)cc(NC(=O)C2(c3ccccc3F)CCC2)c1. The molecule has 2 aromatic rings. The Kier molecular flexibility index (Phi) is 3.73. The van der Waals surface area contributed by atoms with Gasteiger partial charge in [-0.3, -0.25) is 4.79 Å². The third-order valence-corrected chi connectivity index (χ3v) is 4.51. The topological polar surface area (TPSA) is 29.1 Å². The van der Waals surface area contributed by atoms with Crippen LogP contribution >= 0.6 is 0 Å². The summed E-state index contributed by atoms with van der Waals surface area (Å²) in [4.78, 5) is 12.8. The van der Waals surface area contributed by atoms with Crippen LogP contribution in [-0.4, -0.2) is 5.91 Å². The van der Waals surface area contributed by atoms with Crippen molar-refractivity contribution in [3.05, 3.63) is 65.0 Å². The van der Waals surface area contributed by atoms with Crippen LogP contribution in [0, 0.1) is 19.7 Å². The van der Waals surface area contributed by atoms with E-state index in [1.165, 1.54) is 6.07 Å². The number of aryl methyl sites for hydroxylation is 2. The zero-order valence-corrected chi connectivity index (χ0v) is 12.9. The number of halogens is 1. The van der Waals surface area contributed by atoms with Crippen molar-refractivity contribution < 1.29 is 9.18 Å². The summed E-state index contributed by atoms with van der Waals surface area (Å²) in [7, 11) is 0. The summed E-state index contributed by atoms with van der Waals surface area (Å²) in [6, 6.07) is 12.6. The van der Waals surface area contributed by atoms with Gasteiger partial charge in [0.2, 0.25) is 5.91 Å². The molecule has 2 nitrogen and oxygen atoms in total. The minimum Gasteiger partial charge on any atom is -0.325 e. The van der Waals surface area contributed by atoms with Crippen molar-refractivity contribution in [1.29, 1.82) is 0 Å². The van der Waals surface area contributed by atoms with Gasteiger partial charge in [-0.1, -0.05) is 30.7 Å². The van der Waals surface area contributed by atoms with E-state index in [1.54, 1.807) is 18.2 Å². The van der Waals surface area contributed by atoms with Crippen LogP contribution in [0.1, 0.15) is 36.0 Å². The number of carbonyl (C=O) groups is 1. The summed E-state index contributed by atoms with van der Waals surface area (Å²) in [6.45, 7) is 4.00. The third-order valence-electron chi connectivity index (χ3n) is 4.51. The lowest BCUT2D eigenvalue weighted by Crippen LogP contribution is -2.46. The second-order valence-corrected chi connectivity index (χ2v) is 6.25. The number of carbonyl (C=O) groups excluding carboxylic acids is 1. The first-order valence-corrected chi connectivity index (χ1v) is 7.66. The molecule has 0 saturated heterocycles. The minimum atomic E-state index is -0.719. The van der Waals surface area contributed by atoms with E-state index in [-0.39, 0.29) is 11.7 Å². The van der Waals surface area contributed by atoms with E-state index < -0.39 is 5.41 Å². The summed E-state index contributed by atoms with van der Waals surface area (Å²) < 4.78 is 14.2. The lowest BCUT2D eigenvalue weighted by molar-refractivity contribution is -0.124. The van der Waals surface area contributed by atoms with E-state index in [0.29, 0.717) is 18.4 Å². The predicted molar refractivity (Wildman–Crippen MR) is 86.5 cm³/mol. The fourth-order valence-corrected chi connectivity index (χ4v) is 3.30. The molecule has 0 atom stereocenters. The van der Waals surface area contributed by atoms with Crippen molar-refractivity contribution in [2.75, 3.05) is 5.32 Å². The smallest absolute Gasteiger partial charge is 0.235 e. The van der Waals surface area contributed by atoms with Crippen LogP contribution in [0.4, 0.5) is 10.1 Å². The van der Waals surface area contributed by atoms with E-state index >= 15 is 0 Å². The molecule has 1 aliphatic rings. The summed E-state index contributed by atoms with van der Waals surface area (Å²) in [5.41, 5.74) is 2.78. The Bertz CT molecular complexity index is 699. The maximum atomic E-state index is 14.2. The van der Waals surface area contributed by atoms with Gasteiger partial charge in [0.15, 0.2) is 0 Å². The van der Waals surface area contributed by atoms with Gasteiger partial charge in [-0.05, 0) is 56.0 Å². The van der Waals surface area contributed by atoms with Crippen molar-refractivity contribution in [1.82, 2.24) is 0 Å². The maximum absolute atomic E-state index is 14.2. The van der Waals surface area contributed by atoms with E-state index in [1.807, 2.05) is 26.0 Å². The highest BCUT2D eigenvalue weighted by atomic mass is 19.1. The molecule has 3 heteroatoms. The normalized spacial score (nSPS) is 16.0. The molecule has 114 valence electrons. The van der Waals surface area contributed by atoms with Crippen LogP contribution < -0.4 is 5.32 Å². The number of hydrogen-bond acceptors (Lipinski definition) is 1. The molecule has 0 unspecified atom stereocenters. The standard InChI is InChI=1S/C19H20FNO/c1-13-10-14(2)12-15(11-13)21-18(22)19(8-5-9-19)16-6-3-4-7-17(16)20/h3-4,6-7,10-12H,5,8-9H2,1-2H3,(H,21,22). The number of nitrogens with one attached hydrogen (secondary N) is 1. The molecule has 3 rings (SSSR count). The van der Waals surface area contributed by atoms with Gasteiger partial charge in [0.1, 0.15) is 5.82 Å². The number of benzene rings is 2. The van der Waals surface area contributed by atoms with Crippen molar-refractivity contribution in [3.63, 3.8) is 0 Å². The van der Waals surface area contributed by atoms with Crippen LogP contribution in [0.15, 0.2) is 42.5 Å². The molecule has 0 aliphatic heterocycles. The van der Waals surface area contributed by atoms with Crippen molar-refractivity contribution in [2.45, 2.75) is 38.5 Å². The van der Waals surface area contributed by atoms with Crippen LogP contribution in [0.3, 0.4) is 0 Å². The van der Waals surface area contributed by atoms with Crippen molar-refractivity contribution >= 4 is 11.6 Å². The highest BCUT2D eigenvalue weighted by molar-refractivity contribution is 6.00. The van der Waals surface area contributed by atoms with Gasteiger partial charge < -0.3 is 5.32 Å². The molecular formula is C19H20FNO. The zero-order chi connectivity index (χ0) is 15.7. The third kappa shape index (κ3) is 2.52. The maximum Gasteiger partial charge on any atom is 0.235 e. The summed E-state index contributed by atoms with van der Waals surface area (Å²) in [6.07, 6.45) is 2.35. The number of rotatable bonds is 3. The monoisotopic (exact) mass is 297 g/mol. The first-order valence-electron chi connectivity index (χ1n) is 7.66. The number of anilines is 1. The predicted octanol–water partition coefficient (Wildman–Crippen LogP) is 4.50. The molecule has 22 heavy (non-hydrogen) atoms. The molecular weight excluding hydrogens is 277 g/mol. The van der Waals surface area contributed by atoms with Gasteiger partial charge in [0.25, 0.3) is 0 Å². The molecule has 0 aromatic heterocycles. The fraction of sp³-hybridized carbons (Fsp3) is 0.316. The average Bonchev–Trinajstić information content (AvgIpc) is 2.38. The number of amides is 1. The van der Waals surface area contributed by atoms with E-state index in [9.17, 15) is 9.18 Å². The summed E-state index contributed by atoms with van der Waals surface area (Å²) >= 11 is 0. The molecule has 0 spiro atoms. The largest absolute Gasteiger partial charge is 0.325 e. The molecule has 1 fully saturated rings. The summed E-state index contributed by atoms with van der Waals surface area (Å²) in [5.74, 6) is -0.397. The molecule has 1 saturated carbocycles. The molecule has 0 radical (unpaired) electrons. The van der Waals surface area contributed by atoms with Crippen LogP contribution in [0.25, 0.3) is 0 Å².